The van der Waals surface area contributed by atoms with Gasteiger partial charge in [-0.05, 0) is 28.7 Å². The molecule has 1 amide bonds. The lowest BCUT2D eigenvalue weighted by atomic mass is 10.1. The van der Waals surface area contributed by atoms with Gasteiger partial charge in [-0.15, -0.1) is 0 Å². The van der Waals surface area contributed by atoms with Crippen LogP contribution in [0.4, 0.5) is 5.69 Å². The van der Waals surface area contributed by atoms with Gasteiger partial charge in [-0.1, -0.05) is 6.92 Å². The van der Waals surface area contributed by atoms with Crippen molar-refractivity contribution in [2.45, 2.75) is 6.92 Å². The van der Waals surface area contributed by atoms with Crippen molar-refractivity contribution >= 4 is 40.2 Å². The highest BCUT2D eigenvalue weighted by molar-refractivity contribution is 14.1. The number of non-ortho nitro benzene ring substituents is 1. The van der Waals surface area contributed by atoms with Crippen LogP contribution in [0.5, 0.6) is 0 Å². The van der Waals surface area contributed by atoms with Gasteiger partial charge in [0.1, 0.15) is 0 Å². The van der Waals surface area contributed by atoms with E-state index >= 15 is 0 Å². The van der Waals surface area contributed by atoms with Crippen molar-refractivity contribution in [2.75, 3.05) is 13.6 Å². The fraction of sp³-hybridized carbons (Fsp3) is 0.333. The molecular weight excluding hydrogens is 379 g/mol. The molecule has 0 fully saturated rings. The molecule has 0 radical (unpaired) electrons. The zero-order valence-electron chi connectivity index (χ0n) is 10.9. The zero-order valence-corrected chi connectivity index (χ0v) is 13.0. The average Bonchev–Trinajstić information content (AvgIpc) is 2.37. The predicted octanol–water partition coefficient (Wildman–Crippen LogP) is 1.99. The number of nitro benzene ring substituents is 1. The molecule has 0 saturated carbocycles. The first-order chi connectivity index (χ1) is 9.23. The molecule has 1 N–H and O–H groups in total. The second kappa shape index (κ2) is 6.64. The van der Waals surface area contributed by atoms with Crippen molar-refractivity contribution in [1.82, 2.24) is 4.90 Å². The minimum absolute atomic E-state index is 0.0347. The molecule has 0 aliphatic rings. The van der Waals surface area contributed by atoms with Gasteiger partial charge in [0.2, 0.25) is 0 Å². The van der Waals surface area contributed by atoms with Crippen LogP contribution < -0.4 is 0 Å². The molecule has 1 atom stereocenters. The lowest BCUT2D eigenvalue weighted by molar-refractivity contribution is -0.384. The largest absolute Gasteiger partial charge is 0.481 e. The molecule has 0 heterocycles. The molecule has 0 aliphatic carbocycles. The Morgan fingerprint density at radius 3 is 2.60 bits per heavy atom. The number of amides is 1. The van der Waals surface area contributed by atoms with E-state index in [4.69, 9.17) is 5.11 Å². The normalized spacial score (nSPS) is 11.8. The van der Waals surface area contributed by atoms with Gasteiger partial charge in [0.25, 0.3) is 11.6 Å². The van der Waals surface area contributed by atoms with Crippen LogP contribution in [0.2, 0.25) is 0 Å². The smallest absolute Gasteiger partial charge is 0.308 e. The van der Waals surface area contributed by atoms with E-state index in [1.165, 1.54) is 37.1 Å². The number of nitrogens with zero attached hydrogens (tertiary/aromatic N) is 2. The Bertz CT molecular complexity index is 561. The van der Waals surface area contributed by atoms with Crippen molar-refractivity contribution in [3.8, 4) is 0 Å². The predicted molar refractivity (Wildman–Crippen MR) is 79.6 cm³/mol. The van der Waals surface area contributed by atoms with Crippen LogP contribution >= 0.6 is 22.6 Å². The number of carbonyl (C=O) groups excluding carboxylic acids is 1. The van der Waals surface area contributed by atoms with Crippen LogP contribution in [-0.4, -0.2) is 40.4 Å². The third-order valence-corrected chi connectivity index (χ3v) is 3.65. The topological polar surface area (TPSA) is 101 Å². The maximum Gasteiger partial charge on any atom is 0.308 e. The Morgan fingerprint density at radius 1 is 1.50 bits per heavy atom. The van der Waals surface area contributed by atoms with Gasteiger partial charge in [0, 0.05) is 29.3 Å². The maximum atomic E-state index is 12.2. The fourth-order valence-corrected chi connectivity index (χ4v) is 2.13. The summed E-state index contributed by atoms with van der Waals surface area (Å²) in [5, 5.41) is 19.6. The van der Waals surface area contributed by atoms with E-state index in [1.54, 1.807) is 0 Å². The molecule has 1 rings (SSSR count). The number of hydrogen-bond acceptors (Lipinski definition) is 4. The summed E-state index contributed by atoms with van der Waals surface area (Å²) in [6, 6.07) is 4.00. The molecular formula is C12H13IN2O5. The summed E-state index contributed by atoms with van der Waals surface area (Å²) in [6.07, 6.45) is 0. The minimum atomic E-state index is -1.00. The molecule has 1 unspecified atom stereocenters. The molecule has 20 heavy (non-hydrogen) atoms. The van der Waals surface area contributed by atoms with E-state index < -0.39 is 22.7 Å². The van der Waals surface area contributed by atoms with Crippen molar-refractivity contribution in [1.29, 1.82) is 0 Å². The van der Waals surface area contributed by atoms with Crippen molar-refractivity contribution in [2.24, 2.45) is 5.92 Å². The first-order valence-corrected chi connectivity index (χ1v) is 6.74. The van der Waals surface area contributed by atoms with E-state index in [0.717, 1.165) is 0 Å². The lowest BCUT2D eigenvalue weighted by Crippen LogP contribution is -2.34. The monoisotopic (exact) mass is 392 g/mol. The second-order valence-corrected chi connectivity index (χ2v) is 5.51. The molecule has 7 nitrogen and oxygen atoms in total. The van der Waals surface area contributed by atoms with Crippen LogP contribution in [-0.2, 0) is 4.79 Å². The summed E-state index contributed by atoms with van der Waals surface area (Å²) in [7, 11) is 1.47. The molecule has 8 heteroatoms. The van der Waals surface area contributed by atoms with Crippen LogP contribution in [0.25, 0.3) is 0 Å². The molecule has 0 bridgehead atoms. The number of hydrogen-bond donors (Lipinski definition) is 1. The lowest BCUT2D eigenvalue weighted by Gasteiger charge is -2.20. The quantitative estimate of drug-likeness (QED) is 0.469. The van der Waals surface area contributed by atoms with E-state index in [1.807, 2.05) is 22.6 Å². The zero-order chi connectivity index (χ0) is 15.4. The summed E-state index contributed by atoms with van der Waals surface area (Å²) in [4.78, 5) is 34.4. The fourth-order valence-electron chi connectivity index (χ4n) is 1.57. The van der Waals surface area contributed by atoms with Crippen LogP contribution in [0.15, 0.2) is 18.2 Å². The summed E-state index contributed by atoms with van der Waals surface area (Å²) in [5.41, 5.74) is 0.0216. The highest BCUT2D eigenvalue weighted by atomic mass is 127. The van der Waals surface area contributed by atoms with E-state index in [2.05, 4.69) is 0 Å². The number of carboxylic acid groups (broad SMARTS) is 1. The number of aliphatic carboxylic acids is 1. The van der Waals surface area contributed by atoms with Gasteiger partial charge >= 0.3 is 5.97 Å². The van der Waals surface area contributed by atoms with Gasteiger partial charge in [0.15, 0.2) is 0 Å². The van der Waals surface area contributed by atoms with Crippen molar-refractivity contribution in [3.63, 3.8) is 0 Å². The molecule has 0 aliphatic heterocycles. The first-order valence-electron chi connectivity index (χ1n) is 5.66. The van der Waals surface area contributed by atoms with E-state index in [0.29, 0.717) is 3.57 Å². The number of halogens is 1. The van der Waals surface area contributed by atoms with Gasteiger partial charge in [0.05, 0.1) is 16.4 Å². The third-order valence-electron chi connectivity index (χ3n) is 2.71. The Balaban J connectivity index is 2.99. The average molecular weight is 392 g/mol. The number of benzene rings is 1. The Kier molecular flexibility index (Phi) is 5.43. The first kappa shape index (κ1) is 16.3. The molecule has 1 aromatic carbocycles. The van der Waals surface area contributed by atoms with Crippen molar-refractivity contribution < 1.29 is 19.6 Å². The standard InChI is InChI=1S/C12H13IN2O5/c1-7(12(17)18)6-14(2)11(16)9-5-8(15(19)20)3-4-10(9)13/h3-5,7H,6H2,1-2H3,(H,17,18). The Hall–Kier alpha value is -1.71. The number of rotatable bonds is 5. The highest BCUT2D eigenvalue weighted by Gasteiger charge is 2.22. The molecule has 0 spiro atoms. The van der Waals surface area contributed by atoms with E-state index in [-0.39, 0.29) is 17.8 Å². The number of nitro groups is 1. The van der Waals surface area contributed by atoms with E-state index in [9.17, 15) is 19.7 Å². The van der Waals surface area contributed by atoms with Crippen LogP contribution in [0.1, 0.15) is 17.3 Å². The second-order valence-electron chi connectivity index (χ2n) is 4.35. The number of carboxylic acids is 1. The van der Waals surface area contributed by atoms with Crippen molar-refractivity contribution in [3.05, 3.63) is 37.4 Å². The molecule has 108 valence electrons. The maximum absolute atomic E-state index is 12.2. The molecule has 0 aromatic heterocycles. The van der Waals surface area contributed by atoms with Gasteiger partial charge in [-0.2, -0.15) is 0 Å². The van der Waals surface area contributed by atoms with Crippen LogP contribution in [0, 0.1) is 19.6 Å². The molecule has 0 saturated heterocycles. The van der Waals surface area contributed by atoms with Gasteiger partial charge in [-0.3, -0.25) is 19.7 Å². The Labute approximate surface area is 128 Å². The number of carbonyl (C=O) groups is 2. The summed E-state index contributed by atoms with van der Waals surface area (Å²) in [6.45, 7) is 1.53. The van der Waals surface area contributed by atoms with Gasteiger partial charge in [-0.25, -0.2) is 0 Å². The Morgan fingerprint density at radius 2 is 2.10 bits per heavy atom. The minimum Gasteiger partial charge on any atom is -0.481 e. The third kappa shape index (κ3) is 3.89. The highest BCUT2D eigenvalue weighted by Crippen LogP contribution is 2.21. The van der Waals surface area contributed by atoms with Gasteiger partial charge < -0.3 is 10.0 Å². The summed E-state index contributed by atoms with van der Waals surface area (Å²) >= 11 is 1.91. The summed E-state index contributed by atoms with van der Waals surface area (Å²) < 4.78 is 0.577. The van der Waals surface area contributed by atoms with Crippen LogP contribution in [0.3, 0.4) is 0 Å². The molecule has 1 aromatic rings. The summed E-state index contributed by atoms with van der Waals surface area (Å²) in [5.74, 6) is -2.15. The SMILES string of the molecule is CC(CN(C)C(=O)c1cc([N+](=O)[O-])ccc1I)C(=O)O.